The molecule has 5 amide bonds. The lowest BCUT2D eigenvalue weighted by atomic mass is 9.84. The van der Waals surface area contributed by atoms with Crippen LogP contribution in [0.2, 0.25) is 0 Å². The molecular formula is C47H49F2N11O5S. The van der Waals surface area contributed by atoms with Crippen LogP contribution in [0.25, 0.3) is 11.1 Å². The monoisotopic (exact) mass is 917 g/mol. The van der Waals surface area contributed by atoms with E-state index in [0.717, 1.165) is 36.3 Å². The minimum Gasteiger partial charge on any atom is -0.374 e. The summed E-state index contributed by atoms with van der Waals surface area (Å²) in [4.78, 5) is 81.3. The maximum Gasteiger partial charge on any atom is 0.255 e. The van der Waals surface area contributed by atoms with Crippen LogP contribution in [-0.2, 0) is 38.7 Å². The number of piperidine rings is 2. The molecule has 2 aromatic heterocycles. The van der Waals surface area contributed by atoms with Gasteiger partial charge >= 0.3 is 0 Å². The maximum absolute atomic E-state index is 16.0. The average Bonchev–Trinajstić information content (AvgIpc) is 4.13. The molecule has 3 saturated heterocycles. The largest absolute Gasteiger partial charge is 0.374 e. The molecule has 5 aromatic rings. The Balaban J connectivity index is 0.735. The number of carbonyl (C=O) groups is 5. The van der Waals surface area contributed by atoms with Crippen LogP contribution in [-0.4, -0.2) is 105 Å². The number of fused-ring (bicyclic) bond motifs is 2. The molecule has 0 radical (unpaired) electrons. The number of anilines is 4. The number of hydrogen-bond donors (Lipinski definition) is 4. The number of nitrogens with zero attached hydrogens (tertiary/aromatic N) is 7. The first kappa shape index (κ1) is 43.2. The van der Waals surface area contributed by atoms with E-state index < -0.39 is 47.0 Å². The second kappa shape index (κ2) is 17.6. The van der Waals surface area contributed by atoms with Crippen molar-refractivity contribution in [3.63, 3.8) is 0 Å². The van der Waals surface area contributed by atoms with E-state index in [9.17, 15) is 24.0 Å². The van der Waals surface area contributed by atoms with Gasteiger partial charge < -0.3 is 35.2 Å². The number of thiazole rings is 1. The first-order valence-electron chi connectivity index (χ1n) is 22.3. The molecule has 342 valence electrons. The zero-order chi connectivity index (χ0) is 45.7. The van der Waals surface area contributed by atoms with Gasteiger partial charge in [0, 0.05) is 104 Å². The van der Waals surface area contributed by atoms with E-state index in [0.29, 0.717) is 86.3 Å². The van der Waals surface area contributed by atoms with Crippen molar-refractivity contribution in [2.45, 2.75) is 75.7 Å². The summed E-state index contributed by atoms with van der Waals surface area (Å²) in [5.74, 6) is -2.61. The summed E-state index contributed by atoms with van der Waals surface area (Å²) in [6.07, 6.45) is 6.69. The summed E-state index contributed by atoms with van der Waals surface area (Å²) in [5, 5.41) is 10.3. The Bertz CT molecular complexity index is 2710. The van der Waals surface area contributed by atoms with Gasteiger partial charge in [0.15, 0.2) is 11.2 Å². The van der Waals surface area contributed by atoms with Crippen LogP contribution < -0.4 is 31.5 Å². The molecule has 3 aromatic carbocycles. The second-order valence-corrected chi connectivity index (χ2v) is 18.7. The molecule has 3 fully saturated rings. The number of amides is 5. The highest BCUT2D eigenvalue weighted by Crippen LogP contribution is 2.39. The van der Waals surface area contributed by atoms with Crippen LogP contribution in [0, 0.1) is 11.6 Å². The predicted octanol–water partition coefficient (Wildman–Crippen LogP) is 4.82. The summed E-state index contributed by atoms with van der Waals surface area (Å²) in [7, 11) is 0. The fourth-order valence-electron chi connectivity index (χ4n) is 9.91. The highest BCUT2D eigenvalue weighted by atomic mass is 32.1. The minimum absolute atomic E-state index is 0.0111. The van der Waals surface area contributed by atoms with Gasteiger partial charge in [0.2, 0.25) is 17.7 Å². The van der Waals surface area contributed by atoms with Crippen molar-refractivity contribution >= 4 is 63.1 Å². The molecule has 19 heteroatoms. The Morgan fingerprint density at radius 1 is 0.894 bits per heavy atom. The normalized spacial score (nSPS) is 19.7. The summed E-state index contributed by atoms with van der Waals surface area (Å²) in [5.41, 5.74) is 11.0. The number of piperazine rings is 1. The first-order chi connectivity index (χ1) is 31.9. The maximum atomic E-state index is 16.0. The lowest BCUT2D eigenvalue weighted by molar-refractivity contribution is -0.134. The Hall–Kier alpha value is -6.73. The molecule has 0 aliphatic carbocycles. The third-order valence-electron chi connectivity index (χ3n) is 13.6. The molecule has 16 nitrogen and oxygen atoms in total. The Morgan fingerprint density at radius 2 is 1.68 bits per heavy atom. The number of nitrogens with two attached hydrogens (primary N) is 1. The molecule has 0 bridgehead atoms. The zero-order valence-electron chi connectivity index (χ0n) is 36.1. The van der Waals surface area contributed by atoms with Crippen LogP contribution in [0.15, 0.2) is 72.5 Å². The molecule has 5 N–H and O–H groups in total. The molecule has 0 spiro atoms. The van der Waals surface area contributed by atoms with Crippen molar-refractivity contribution in [3.8, 4) is 11.1 Å². The van der Waals surface area contributed by atoms with Gasteiger partial charge in [-0.25, -0.2) is 18.7 Å². The van der Waals surface area contributed by atoms with Crippen LogP contribution >= 0.6 is 11.3 Å². The van der Waals surface area contributed by atoms with Gasteiger partial charge in [-0.2, -0.15) is 0 Å². The number of imidazole rings is 1. The molecule has 0 saturated carbocycles. The van der Waals surface area contributed by atoms with Gasteiger partial charge in [-0.1, -0.05) is 12.1 Å². The van der Waals surface area contributed by atoms with E-state index in [1.165, 1.54) is 28.4 Å². The second-order valence-electron chi connectivity index (χ2n) is 17.8. The number of aromatic nitrogens is 3. The van der Waals surface area contributed by atoms with E-state index in [2.05, 4.69) is 30.8 Å². The van der Waals surface area contributed by atoms with Gasteiger partial charge in [-0.05, 0) is 85.7 Å². The van der Waals surface area contributed by atoms with Crippen molar-refractivity contribution in [2.24, 2.45) is 5.73 Å². The highest BCUT2D eigenvalue weighted by Gasteiger charge is 2.42. The quantitative estimate of drug-likeness (QED) is 0.133. The molecule has 2 unspecified atom stereocenters. The standard InChI is InChI=1S/C47H49F2N11O5S/c48-34-23-29(22-32-33(34)26-60(45(32)65)42(44(64)55-46-51-13-21-66-46)41-38-2-1-14-59(38)27-52-41)28-3-6-31(7-4-28)56-17-19-58(20-18-56)40(62)25-47(50)11-15-57(16-12-47)37-9-5-30(24-35(37)49)53-36-8-10-39(61)54-43(36)63/h3-7,9,13,21-24,27,36,42,53H,1-2,8,10-12,14-20,25-26,50H2,(H,51,55,64)(H,54,61,63). The molecule has 10 rings (SSSR count). The number of imide groups is 1. The van der Waals surface area contributed by atoms with Crippen molar-refractivity contribution in [2.75, 3.05) is 59.7 Å². The third-order valence-corrected chi connectivity index (χ3v) is 14.3. The van der Waals surface area contributed by atoms with E-state index in [4.69, 9.17) is 5.73 Å². The number of aryl methyl sites for hydroxylation is 1. The van der Waals surface area contributed by atoms with Gasteiger partial charge in [-0.15, -0.1) is 11.3 Å². The van der Waals surface area contributed by atoms with Crippen LogP contribution in [0.1, 0.15) is 71.9 Å². The van der Waals surface area contributed by atoms with Crippen LogP contribution in [0.5, 0.6) is 0 Å². The Morgan fingerprint density at radius 3 is 2.41 bits per heavy atom. The van der Waals surface area contributed by atoms with Crippen molar-refractivity contribution in [1.29, 1.82) is 0 Å². The van der Waals surface area contributed by atoms with Crippen molar-refractivity contribution in [3.05, 3.63) is 107 Å². The Labute approximate surface area is 383 Å². The van der Waals surface area contributed by atoms with E-state index in [1.54, 1.807) is 36.1 Å². The van der Waals surface area contributed by atoms with Gasteiger partial charge in [0.05, 0.1) is 24.3 Å². The number of nitrogens with one attached hydrogen (secondary N) is 3. The molecule has 5 aliphatic heterocycles. The number of rotatable bonds is 11. The number of halogens is 2. The summed E-state index contributed by atoms with van der Waals surface area (Å²) in [6.45, 7) is 3.93. The molecule has 7 heterocycles. The van der Waals surface area contributed by atoms with E-state index >= 15 is 8.78 Å². The van der Waals surface area contributed by atoms with Crippen molar-refractivity contribution < 1.29 is 32.8 Å². The van der Waals surface area contributed by atoms with Gasteiger partial charge in [-0.3, -0.25) is 34.6 Å². The predicted molar refractivity (Wildman–Crippen MR) is 244 cm³/mol. The fourth-order valence-corrected chi connectivity index (χ4v) is 10.4. The SMILES string of the molecule is NC1(CC(=O)N2CCN(c3ccc(-c4cc(F)c5c(c4)C(=O)N(C(C(=O)Nc4nccs4)c4ncn6c4CCC6)C5)cc3)CC2)CCN(c2ccc(NC3CCC(=O)NC3=O)cc2F)CC1. The Kier molecular flexibility index (Phi) is 11.5. The average molecular weight is 918 g/mol. The smallest absolute Gasteiger partial charge is 0.255 e. The summed E-state index contributed by atoms with van der Waals surface area (Å²) < 4.78 is 33.3. The number of carbonyl (C=O) groups excluding carboxylic acids is 5. The number of hydrogen-bond acceptors (Lipinski definition) is 12. The van der Waals surface area contributed by atoms with Gasteiger partial charge in [0.1, 0.15) is 17.7 Å². The third kappa shape index (κ3) is 8.48. The molecule has 2 atom stereocenters. The van der Waals surface area contributed by atoms with E-state index in [-0.39, 0.29) is 42.3 Å². The van der Waals surface area contributed by atoms with Crippen LogP contribution in [0.4, 0.5) is 31.0 Å². The lowest BCUT2D eigenvalue weighted by Gasteiger charge is -2.42. The van der Waals surface area contributed by atoms with Gasteiger partial charge in [0.25, 0.3) is 11.8 Å². The zero-order valence-corrected chi connectivity index (χ0v) is 36.9. The minimum atomic E-state index is -1.07. The van der Waals surface area contributed by atoms with Crippen molar-refractivity contribution in [1.82, 2.24) is 29.7 Å². The summed E-state index contributed by atoms with van der Waals surface area (Å²) >= 11 is 1.27. The fraction of sp³-hybridized carbons (Fsp3) is 0.383. The molecular weight excluding hydrogens is 869 g/mol. The first-order valence-corrected chi connectivity index (χ1v) is 23.2. The lowest BCUT2D eigenvalue weighted by Crippen LogP contribution is -2.55. The number of benzene rings is 3. The molecule has 5 aliphatic rings. The van der Waals surface area contributed by atoms with E-state index in [1.807, 2.05) is 38.6 Å². The highest BCUT2D eigenvalue weighted by molar-refractivity contribution is 7.13. The molecule has 66 heavy (non-hydrogen) atoms. The van der Waals surface area contributed by atoms with Crippen LogP contribution in [0.3, 0.4) is 0 Å². The topological polar surface area (TPSA) is 191 Å². The summed E-state index contributed by atoms with van der Waals surface area (Å²) in [6, 6.07) is 13.9.